The second kappa shape index (κ2) is 3.29. The molecule has 0 aromatic rings. The molecule has 0 atom stereocenters. The molecule has 56 valence electrons. The van der Waals surface area contributed by atoms with Crippen LogP contribution in [-0.4, -0.2) is 6.26 Å². The van der Waals surface area contributed by atoms with Crippen molar-refractivity contribution >= 4 is 11.8 Å². The Kier molecular flexibility index (Phi) is 2.61. The molecule has 0 spiro atoms. The molecule has 1 rings (SSSR count). The largest absolute Gasteiger partial charge is 0.130 e. The summed E-state index contributed by atoms with van der Waals surface area (Å²) in [4.78, 5) is 1.48. The van der Waals surface area contributed by atoms with E-state index in [0.717, 1.165) is 0 Å². The van der Waals surface area contributed by atoms with Gasteiger partial charge in [-0.25, -0.2) is 0 Å². The molecule has 10 heavy (non-hydrogen) atoms. The Morgan fingerprint density at radius 3 is 2.50 bits per heavy atom. The van der Waals surface area contributed by atoms with Crippen LogP contribution in [0.5, 0.6) is 0 Å². The highest BCUT2D eigenvalue weighted by Crippen LogP contribution is 2.28. The smallest absolute Gasteiger partial charge is 0.00579 e. The molecule has 0 aromatic carbocycles. The van der Waals surface area contributed by atoms with Crippen LogP contribution in [0.25, 0.3) is 0 Å². The maximum absolute atomic E-state index is 2.31. The fraction of sp³-hybridized carbons (Fsp3) is 0.556. The Bertz CT molecular complexity index is 187. The van der Waals surface area contributed by atoms with Gasteiger partial charge in [0.25, 0.3) is 0 Å². The Hall–Kier alpha value is -0.170. The fourth-order valence-corrected chi connectivity index (χ4v) is 1.93. The predicted octanol–water partition coefficient (Wildman–Crippen LogP) is 3.36. The van der Waals surface area contributed by atoms with Crippen molar-refractivity contribution in [3.05, 3.63) is 22.1 Å². The summed E-state index contributed by atoms with van der Waals surface area (Å²) in [5, 5.41) is 0. The van der Waals surface area contributed by atoms with Gasteiger partial charge in [-0.1, -0.05) is 11.1 Å². The van der Waals surface area contributed by atoms with Crippen LogP contribution >= 0.6 is 11.8 Å². The van der Waals surface area contributed by atoms with Crippen molar-refractivity contribution in [1.82, 2.24) is 0 Å². The zero-order chi connectivity index (χ0) is 7.56. The van der Waals surface area contributed by atoms with Crippen LogP contribution in [0.15, 0.2) is 22.1 Å². The lowest BCUT2D eigenvalue weighted by Gasteiger charge is -2.13. The van der Waals surface area contributed by atoms with Gasteiger partial charge in [0.15, 0.2) is 0 Å². The van der Waals surface area contributed by atoms with Crippen LogP contribution in [-0.2, 0) is 0 Å². The SMILES string of the molecule is CSC1=C(C)CCC(C)=C1. The van der Waals surface area contributed by atoms with Crippen molar-refractivity contribution in [2.45, 2.75) is 26.7 Å². The first kappa shape index (κ1) is 7.93. The fourth-order valence-electron chi connectivity index (χ4n) is 1.16. The zero-order valence-electron chi connectivity index (χ0n) is 6.90. The molecule has 0 heterocycles. The maximum atomic E-state index is 2.31. The molecule has 0 bridgehead atoms. The van der Waals surface area contributed by atoms with Crippen LogP contribution in [0.3, 0.4) is 0 Å². The van der Waals surface area contributed by atoms with E-state index in [1.54, 1.807) is 5.57 Å². The molecule has 1 aliphatic carbocycles. The highest BCUT2D eigenvalue weighted by molar-refractivity contribution is 8.02. The van der Waals surface area contributed by atoms with Gasteiger partial charge in [0.1, 0.15) is 0 Å². The molecule has 0 aliphatic heterocycles. The van der Waals surface area contributed by atoms with Crippen molar-refractivity contribution in [1.29, 1.82) is 0 Å². The first-order valence-corrected chi connectivity index (χ1v) is 4.87. The normalized spacial score (nSPS) is 19.3. The van der Waals surface area contributed by atoms with Gasteiger partial charge in [0, 0.05) is 4.91 Å². The monoisotopic (exact) mass is 154 g/mol. The first-order chi connectivity index (χ1) is 4.74. The molecule has 0 nitrogen and oxygen atoms in total. The predicted molar refractivity (Wildman–Crippen MR) is 49.2 cm³/mol. The summed E-state index contributed by atoms with van der Waals surface area (Å²) in [7, 11) is 0. The van der Waals surface area contributed by atoms with Crippen molar-refractivity contribution < 1.29 is 0 Å². The highest BCUT2D eigenvalue weighted by Gasteiger charge is 2.05. The number of hydrogen-bond acceptors (Lipinski definition) is 1. The third-order valence-corrected chi connectivity index (χ3v) is 2.82. The average Bonchev–Trinajstić information content (AvgIpc) is 1.94. The molecule has 0 aromatic heterocycles. The summed E-state index contributed by atoms with van der Waals surface area (Å²) < 4.78 is 0. The van der Waals surface area contributed by atoms with Gasteiger partial charge >= 0.3 is 0 Å². The molecule has 1 aliphatic rings. The molecule has 0 fully saturated rings. The molecule has 0 unspecified atom stereocenters. The van der Waals surface area contributed by atoms with Crippen LogP contribution < -0.4 is 0 Å². The van der Waals surface area contributed by atoms with Crippen molar-refractivity contribution in [2.24, 2.45) is 0 Å². The van der Waals surface area contributed by atoms with Crippen LogP contribution in [0.2, 0.25) is 0 Å². The summed E-state index contributed by atoms with van der Waals surface area (Å²) >= 11 is 1.86. The summed E-state index contributed by atoms with van der Waals surface area (Å²) in [5.74, 6) is 0. The van der Waals surface area contributed by atoms with Gasteiger partial charge in [-0.3, -0.25) is 0 Å². The molecule has 0 saturated carbocycles. The van der Waals surface area contributed by atoms with Gasteiger partial charge in [0.05, 0.1) is 0 Å². The average molecular weight is 154 g/mol. The van der Waals surface area contributed by atoms with E-state index >= 15 is 0 Å². The van der Waals surface area contributed by atoms with E-state index in [9.17, 15) is 0 Å². The molecule has 0 N–H and O–H groups in total. The Labute approximate surface area is 67.4 Å². The van der Waals surface area contributed by atoms with E-state index in [4.69, 9.17) is 0 Å². The van der Waals surface area contributed by atoms with Crippen LogP contribution in [0, 0.1) is 0 Å². The first-order valence-electron chi connectivity index (χ1n) is 3.65. The molecular formula is C9H14S. The maximum Gasteiger partial charge on any atom is 0.00579 e. The second-order valence-corrected chi connectivity index (χ2v) is 3.69. The number of thioether (sulfide) groups is 1. The Balaban J connectivity index is 2.82. The van der Waals surface area contributed by atoms with Gasteiger partial charge in [0.2, 0.25) is 0 Å². The third kappa shape index (κ3) is 1.66. The van der Waals surface area contributed by atoms with Crippen molar-refractivity contribution in [3.63, 3.8) is 0 Å². The summed E-state index contributed by atoms with van der Waals surface area (Å²) in [6, 6.07) is 0. The second-order valence-electron chi connectivity index (χ2n) is 2.84. The van der Waals surface area contributed by atoms with Gasteiger partial charge < -0.3 is 0 Å². The summed E-state index contributed by atoms with van der Waals surface area (Å²) in [5.41, 5.74) is 3.08. The lowest BCUT2D eigenvalue weighted by Crippen LogP contribution is -1.91. The van der Waals surface area contributed by atoms with Crippen LogP contribution in [0.4, 0.5) is 0 Å². The zero-order valence-corrected chi connectivity index (χ0v) is 7.72. The minimum Gasteiger partial charge on any atom is -0.130 e. The van der Waals surface area contributed by atoms with Crippen molar-refractivity contribution in [2.75, 3.05) is 6.26 Å². The third-order valence-electron chi connectivity index (χ3n) is 1.91. The number of rotatable bonds is 1. The summed E-state index contributed by atoms with van der Waals surface area (Å²) in [6.45, 7) is 4.44. The molecule has 0 saturated heterocycles. The molecule has 0 amide bonds. The standard InChI is InChI=1S/C9H14S/c1-7-4-5-8(2)9(6-7)10-3/h6H,4-5H2,1-3H3. The minimum absolute atomic E-state index is 1.26. The van der Waals surface area contributed by atoms with E-state index < -0.39 is 0 Å². The Morgan fingerprint density at radius 1 is 1.30 bits per heavy atom. The molecular weight excluding hydrogens is 140 g/mol. The number of allylic oxidation sites excluding steroid dienone is 3. The van der Waals surface area contributed by atoms with E-state index in [-0.39, 0.29) is 0 Å². The topological polar surface area (TPSA) is 0 Å². The lowest BCUT2D eigenvalue weighted by molar-refractivity contribution is 0.902. The van der Waals surface area contributed by atoms with E-state index in [1.165, 1.54) is 23.3 Å². The molecule has 0 radical (unpaired) electrons. The quantitative estimate of drug-likeness (QED) is 0.558. The lowest BCUT2D eigenvalue weighted by atomic mass is 10.0. The van der Waals surface area contributed by atoms with Crippen molar-refractivity contribution in [3.8, 4) is 0 Å². The number of hydrogen-bond donors (Lipinski definition) is 0. The highest BCUT2D eigenvalue weighted by atomic mass is 32.2. The molecule has 1 heteroatoms. The van der Waals surface area contributed by atoms with Gasteiger partial charge in [-0.2, -0.15) is 0 Å². The van der Waals surface area contributed by atoms with Gasteiger partial charge in [-0.05, 0) is 39.0 Å². The Morgan fingerprint density at radius 2 is 2.00 bits per heavy atom. The van der Waals surface area contributed by atoms with E-state index in [0.29, 0.717) is 0 Å². The van der Waals surface area contributed by atoms with E-state index in [1.807, 2.05) is 11.8 Å². The summed E-state index contributed by atoms with van der Waals surface area (Å²) in [6.07, 6.45) is 6.98. The van der Waals surface area contributed by atoms with E-state index in [2.05, 4.69) is 26.2 Å². The van der Waals surface area contributed by atoms with Gasteiger partial charge in [-0.15, -0.1) is 11.8 Å². The van der Waals surface area contributed by atoms with Crippen LogP contribution in [0.1, 0.15) is 26.7 Å². The minimum atomic E-state index is 1.26.